The number of nitrogens with one attached hydrogen (secondary N) is 1. The number of carboxylic acid groups (broad SMARTS) is 1. The van der Waals surface area contributed by atoms with E-state index in [1.165, 1.54) is 12.1 Å². The normalized spacial score (nSPS) is 11.7. The summed E-state index contributed by atoms with van der Waals surface area (Å²) < 4.78 is 0. The van der Waals surface area contributed by atoms with Gasteiger partial charge in [-0.1, -0.05) is 36.2 Å². The minimum Gasteiger partial charge on any atom is -0.544 e. The van der Waals surface area contributed by atoms with Crippen molar-refractivity contribution in [1.29, 1.82) is 0 Å². The summed E-state index contributed by atoms with van der Waals surface area (Å²) >= 11 is 12.7. The van der Waals surface area contributed by atoms with Crippen molar-refractivity contribution in [2.24, 2.45) is 0 Å². The molecule has 0 aliphatic rings. The molecular formula is C13H10Cl2N3O2S-. The number of carbonyl (C=O) groups is 1. The fourth-order valence-corrected chi connectivity index (χ4v) is 2.65. The lowest BCUT2D eigenvalue weighted by Gasteiger charge is -2.07. The first-order chi connectivity index (χ1) is 9.99. The molecule has 2 aromatic rings. The molecule has 21 heavy (non-hydrogen) atoms. The van der Waals surface area contributed by atoms with Crippen LogP contribution in [0.25, 0.3) is 6.08 Å². The Kier molecular flexibility index (Phi) is 5.27. The van der Waals surface area contributed by atoms with Crippen LogP contribution in [0.15, 0.2) is 28.3 Å². The number of carbonyl (C=O) groups excluding carboxylic acids is 1. The Bertz CT molecular complexity index is 700. The Morgan fingerprint density at radius 1 is 1.48 bits per heavy atom. The third-order valence-corrected chi connectivity index (χ3v) is 3.93. The molecule has 0 spiro atoms. The van der Waals surface area contributed by atoms with Gasteiger partial charge in [-0.25, -0.2) is 4.98 Å². The number of hydrogen-bond acceptors (Lipinski definition) is 5. The maximum Gasteiger partial charge on any atom is 0.213 e. The summed E-state index contributed by atoms with van der Waals surface area (Å²) in [4.78, 5) is 15.3. The molecular weight excluding hydrogens is 333 g/mol. The predicted octanol–water partition coefficient (Wildman–Crippen LogP) is 2.56. The molecule has 1 aromatic carbocycles. The lowest BCUT2D eigenvalue weighted by Crippen LogP contribution is -2.23. The van der Waals surface area contributed by atoms with Gasteiger partial charge in [0.25, 0.3) is 0 Å². The van der Waals surface area contributed by atoms with Crippen LogP contribution in [-0.4, -0.2) is 21.2 Å². The molecule has 5 nitrogen and oxygen atoms in total. The average molecular weight is 343 g/mol. The fraction of sp³-hybridized carbons (Fsp3) is 0.154. The maximum absolute atomic E-state index is 11.2. The van der Waals surface area contributed by atoms with E-state index in [2.05, 4.69) is 15.2 Å². The molecule has 0 atom stereocenters. The van der Waals surface area contributed by atoms with Crippen LogP contribution in [0.3, 0.4) is 0 Å². The number of aromatic amines is 1. The van der Waals surface area contributed by atoms with Gasteiger partial charge in [0.15, 0.2) is 0 Å². The number of rotatable bonds is 5. The molecule has 8 heteroatoms. The quantitative estimate of drug-likeness (QED) is 0.666. The molecule has 1 heterocycles. The van der Waals surface area contributed by atoms with Gasteiger partial charge < -0.3 is 9.90 Å². The van der Waals surface area contributed by atoms with E-state index in [9.17, 15) is 9.90 Å². The lowest BCUT2D eigenvalue weighted by molar-refractivity contribution is -0.297. The first-order valence-electron chi connectivity index (χ1n) is 5.96. The van der Waals surface area contributed by atoms with E-state index in [-0.39, 0.29) is 4.91 Å². The highest BCUT2D eigenvalue weighted by molar-refractivity contribution is 8.04. The van der Waals surface area contributed by atoms with Gasteiger partial charge in [-0.15, -0.1) is 5.10 Å². The Morgan fingerprint density at radius 2 is 2.24 bits per heavy atom. The molecule has 0 amide bonds. The number of aromatic nitrogens is 3. The predicted molar refractivity (Wildman–Crippen MR) is 81.1 cm³/mol. The van der Waals surface area contributed by atoms with Crippen molar-refractivity contribution in [3.05, 3.63) is 44.5 Å². The van der Waals surface area contributed by atoms with E-state index in [1.807, 2.05) is 6.92 Å². The van der Waals surface area contributed by atoms with Gasteiger partial charge in [0.1, 0.15) is 5.82 Å². The average Bonchev–Trinajstić information content (AvgIpc) is 2.88. The zero-order valence-electron chi connectivity index (χ0n) is 10.9. The van der Waals surface area contributed by atoms with Gasteiger partial charge in [-0.2, -0.15) is 0 Å². The monoisotopic (exact) mass is 342 g/mol. The van der Waals surface area contributed by atoms with Gasteiger partial charge >= 0.3 is 0 Å². The highest BCUT2D eigenvalue weighted by Crippen LogP contribution is 2.28. The van der Waals surface area contributed by atoms with E-state index >= 15 is 0 Å². The van der Waals surface area contributed by atoms with E-state index < -0.39 is 5.97 Å². The smallest absolute Gasteiger partial charge is 0.213 e. The van der Waals surface area contributed by atoms with Crippen LogP contribution in [0, 0.1) is 0 Å². The molecule has 0 aliphatic heterocycles. The number of thioether (sulfide) groups is 1. The molecule has 0 bridgehead atoms. The summed E-state index contributed by atoms with van der Waals surface area (Å²) in [6.07, 6.45) is 2.08. The van der Waals surface area contributed by atoms with Crippen LogP contribution in [0.1, 0.15) is 18.3 Å². The Morgan fingerprint density at radius 3 is 2.81 bits per heavy atom. The van der Waals surface area contributed by atoms with Gasteiger partial charge in [-0.05, 0) is 35.5 Å². The van der Waals surface area contributed by atoms with Crippen molar-refractivity contribution in [1.82, 2.24) is 15.2 Å². The van der Waals surface area contributed by atoms with Crippen molar-refractivity contribution >= 4 is 47.0 Å². The summed E-state index contributed by atoms with van der Waals surface area (Å²) in [6.45, 7) is 1.91. The van der Waals surface area contributed by atoms with Crippen LogP contribution in [0.2, 0.25) is 10.0 Å². The number of hydrogen-bond donors (Lipinski definition) is 1. The van der Waals surface area contributed by atoms with Gasteiger partial charge in [-0.3, -0.25) is 5.10 Å². The first kappa shape index (κ1) is 15.9. The second-order valence-corrected chi connectivity index (χ2v) is 5.83. The Hall–Kier alpha value is -1.50. The number of halogens is 2. The molecule has 0 radical (unpaired) electrons. The lowest BCUT2D eigenvalue weighted by atomic mass is 10.2. The number of H-pyrrole nitrogens is 1. The van der Waals surface area contributed by atoms with Crippen molar-refractivity contribution in [3.63, 3.8) is 0 Å². The molecule has 1 N–H and O–H groups in total. The van der Waals surface area contributed by atoms with E-state index in [1.54, 1.807) is 12.1 Å². The van der Waals surface area contributed by atoms with E-state index in [0.717, 1.165) is 11.8 Å². The largest absolute Gasteiger partial charge is 0.544 e. The Labute approximate surface area is 135 Å². The Balaban J connectivity index is 2.29. The molecule has 0 saturated carbocycles. The van der Waals surface area contributed by atoms with Crippen molar-refractivity contribution in [3.8, 4) is 0 Å². The number of aliphatic carboxylic acids is 1. The molecule has 0 aliphatic carbocycles. The van der Waals surface area contributed by atoms with Crippen LogP contribution in [-0.2, 0) is 11.2 Å². The minimum atomic E-state index is -1.33. The second-order valence-electron chi connectivity index (χ2n) is 3.98. The third kappa shape index (κ3) is 4.23. The SMILES string of the molecule is CCc1nc(S/C(=C\c2ccc(Cl)cc2Cl)C(=O)[O-])n[nH]1. The number of nitrogens with zero attached hydrogens (tertiary/aromatic N) is 2. The van der Waals surface area contributed by atoms with Crippen LogP contribution in [0.4, 0.5) is 0 Å². The standard InChI is InChI=1S/C13H11Cl2N3O2S/c1-2-11-16-13(18-17-11)21-10(12(19)20)5-7-3-4-8(14)6-9(7)15/h3-6H,2H2,1H3,(H,19,20)(H,16,17,18)/p-1/b10-5-. The zero-order chi connectivity index (χ0) is 15.4. The van der Waals surface area contributed by atoms with Crippen molar-refractivity contribution in [2.45, 2.75) is 18.5 Å². The first-order valence-corrected chi connectivity index (χ1v) is 7.54. The van der Waals surface area contributed by atoms with Crippen LogP contribution in [0.5, 0.6) is 0 Å². The summed E-state index contributed by atoms with van der Waals surface area (Å²) in [6, 6.07) is 4.79. The zero-order valence-corrected chi connectivity index (χ0v) is 13.2. The molecule has 0 saturated heterocycles. The topological polar surface area (TPSA) is 81.7 Å². The molecule has 2 rings (SSSR count). The highest BCUT2D eigenvalue weighted by atomic mass is 35.5. The minimum absolute atomic E-state index is 0.0409. The van der Waals surface area contributed by atoms with Gasteiger partial charge in [0.05, 0.1) is 5.97 Å². The van der Waals surface area contributed by atoms with Crippen LogP contribution < -0.4 is 5.11 Å². The van der Waals surface area contributed by atoms with E-state index in [0.29, 0.717) is 33.0 Å². The maximum atomic E-state index is 11.2. The summed E-state index contributed by atoms with van der Waals surface area (Å²) in [5, 5.41) is 19.0. The molecule has 110 valence electrons. The number of benzene rings is 1. The summed E-state index contributed by atoms with van der Waals surface area (Å²) in [5.74, 6) is -0.645. The molecule has 1 aromatic heterocycles. The van der Waals surface area contributed by atoms with Crippen molar-refractivity contribution in [2.75, 3.05) is 0 Å². The van der Waals surface area contributed by atoms with Gasteiger partial charge in [0, 0.05) is 21.4 Å². The molecule has 0 fully saturated rings. The second kappa shape index (κ2) is 6.98. The van der Waals surface area contributed by atoms with Crippen molar-refractivity contribution < 1.29 is 9.90 Å². The highest BCUT2D eigenvalue weighted by Gasteiger charge is 2.09. The van der Waals surface area contributed by atoms with Gasteiger partial charge in [0.2, 0.25) is 5.16 Å². The summed E-state index contributed by atoms with van der Waals surface area (Å²) in [7, 11) is 0. The van der Waals surface area contributed by atoms with E-state index in [4.69, 9.17) is 23.2 Å². The summed E-state index contributed by atoms with van der Waals surface area (Å²) in [5.41, 5.74) is 0.527. The number of aryl methyl sites for hydroxylation is 1. The molecule has 0 unspecified atom stereocenters. The third-order valence-electron chi connectivity index (χ3n) is 2.50. The number of carboxylic acids is 1. The fourth-order valence-electron chi connectivity index (χ4n) is 1.47. The van der Waals surface area contributed by atoms with Crippen LogP contribution >= 0.6 is 35.0 Å².